The summed E-state index contributed by atoms with van der Waals surface area (Å²) in [6.07, 6.45) is -0.0796. The highest BCUT2D eigenvalue weighted by Crippen LogP contribution is 2.07. The Morgan fingerprint density at radius 3 is 2.33 bits per heavy atom. The molecule has 0 bridgehead atoms. The predicted octanol–water partition coefficient (Wildman–Crippen LogP) is 2.61. The van der Waals surface area contributed by atoms with E-state index in [2.05, 4.69) is 10.6 Å². The molecule has 0 aliphatic heterocycles. The standard InChI is InChI=1S/C16H24N2O3/c1-5-13(18-15(20)21-16(2,3)4)14(19)17-11-12-9-7-6-8-10-12/h6-10,13H,5,11H2,1-4H3,(H,17,19)(H,18,20)/t13-/m1/s1. The van der Waals surface area contributed by atoms with E-state index in [0.717, 1.165) is 5.56 Å². The van der Waals surface area contributed by atoms with E-state index in [4.69, 9.17) is 4.74 Å². The smallest absolute Gasteiger partial charge is 0.408 e. The zero-order valence-electron chi connectivity index (χ0n) is 13.1. The van der Waals surface area contributed by atoms with Crippen LogP contribution in [0.1, 0.15) is 39.7 Å². The summed E-state index contributed by atoms with van der Waals surface area (Å²) < 4.78 is 5.15. The Morgan fingerprint density at radius 2 is 1.81 bits per heavy atom. The Balaban J connectivity index is 2.48. The van der Waals surface area contributed by atoms with E-state index < -0.39 is 17.7 Å². The minimum Gasteiger partial charge on any atom is -0.444 e. The van der Waals surface area contributed by atoms with Crippen LogP contribution in [0.25, 0.3) is 0 Å². The van der Waals surface area contributed by atoms with Crippen LogP contribution in [0.3, 0.4) is 0 Å². The molecule has 0 saturated heterocycles. The van der Waals surface area contributed by atoms with E-state index in [1.54, 1.807) is 20.8 Å². The number of benzene rings is 1. The summed E-state index contributed by atoms with van der Waals surface area (Å²) in [4.78, 5) is 23.8. The highest BCUT2D eigenvalue weighted by molar-refractivity contribution is 5.85. The van der Waals surface area contributed by atoms with Crippen LogP contribution in [0.4, 0.5) is 4.79 Å². The molecule has 1 rings (SSSR count). The molecule has 0 aliphatic rings. The van der Waals surface area contributed by atoms with E-state index >= 15 is 0 Å². The molecule has 0 aliphatic carbocycles. The average Bonchev–Trinajstić information content (AvgIpc) is 2.41. The number of nitrogens with one attached hydrogen (secondary N) is 2. The minimum atomic E-state index is -0.594. The Morgan fingerprint density at radius 1 is 1.19 bits per heavy atom. The summed E-state index contributed by atoms with van der Waals surface area (Å²) in [6, 6.07) is 9.02. The molecule has 0 saturated carbocycles. The largest absolute Gasteiger partial charge is 0.444 e. The van der Waals surface area contributed by atoms with Crippen LogP contribution in [0.15, 0.2) is 30.3 Å². The third-order valence-electron chi connectivity index (χ3n) is 2.73. The van der Waals surface area contributed by atoms with Crippen LogP contribution in [0.5, 0.6) is 0 Å². The molecule has 116 valence electrons. The molecule has 0 fully saturated rings. The predicted molar refractivity (Wildman–Crippen MR) is 81.7 cm³/mol. The lowest BCUT2D eigenvalue weighted by Crippen LogP contribution is -2.47. The molecular weight excluding hydrogens is 268 g/mol. The van der Waals surface area contributed by atoms with Gasteiger partial charge in [0.25, 0.3) is 0 Å². The van der Waals surface area contributed by atoms with Gasteiger partial charge < -0.3 is 15.4 Å². The molecule has 0 heterocycles. The zero-order chi connectivity index (χ0) is 15.9. The molecule has 5 nitrogen and oxygen atoms in total. The van der Waals surface area contributed by atoms with Crippen molar-refractivity contribution in [1.29, 1.82) is 0 Å². The summed E-state index contributed by atoms with van der Waals surface area (Å²) in [6.45, 7) is 7.62. The summed E-state index contributed by atoms with van der Waals surface area (Å²) >= 11 is 0. The second-order valence-corrected chi connectivity index (χ2v) is 5.81. The molecule has 2 N–H and O–H groups in total. The van der Waals surface area contributed by atoms with Gasteiger partial charge in [0, 0.05) is 6.54 Å². The fraction of sp³-hybridized carbons (Fsp3) is 0.500. The molecule has 0 radical (unpaired) electrons. The topological polar surface area (TPSA) is 67.4 Å². The van der Waals surface area contributed by atoms with Gasteiger partial charge in [-0.3, -0.25) is 4.79 Å². The normalized spacial score (nSPS) is 12.4. The van der Waals surface area contributed by atoms with E-state index in [1.807, 2.05) is 37.3 Å². The van der Waals surface area contributed by atoms with Crippen molar-refractivity contribution in [2.45, 2.75) is 52.3 Å². The van der Waals surface area contributed by atoms with Gasteiger partial charge in [-0.2, -0.15) is 0 Å². The van der Waals surface area contributed by atoms with Crippen molar-refractivity contribution in [2.24, 2.45) is 0 Å². The Labute approximate surface area is 126 Å². The van der Waals surface area contributed by atoms with Gasteiger partial charge in [-0.15, -0.1) is 0 Å². The van der Waals surface area contributed by atoms with Gasteiger partial charge in [0.1, 0.15) is 11.6 Å². The number of rotatable bonds is 5. The first kappa shape index (κ1) is 17.0. The summed E-state index contributed by atoms with van der Waals surface area (Å²) in [5.74, 6) is -0.216. The molecular formula is C16H24N2O3. The fourth-order valence-corrected chi connectivity index (χ4v) is 1.71. The molecule has 2 amide bonds. The second-order valence-electron chi connectivity index (χ2n) is 5.81. The Kier molecular flexibility index (Phi) is 6.21. The number of alkyl carbamates (subject to hydrolysis) is 1. The summed E-state index contributed by atoms with van der Waals surface area (Å²) in [5, 5.41) is 5.40. The second kappa shape index (κ2) is 7.67. The molecule has 0 aromatic heterocycles. The summed E-state index contributed by atoms with van der Waals surface area (Å²) in [5.41, 5.74) is 0.432. The van der Waals surface area contributed by atoms with Crippen molar-refractivity contribution >= 4 is 12.0 Å². The van der Waals surface area contributed by atoms with Crippen molar-refractivity contribution in [1.82, 2.24) is 10.6 Å². The van der Waals surface area contributed by atoms with Gasteiger partial charge in [0.2, 0.25) is 5.91 Å². The van der Waals surface area contributed by atoms with Gasteiger partial charge >= 0.3 is 6.09 Å². The van der Waals surface area contributed by atoms with E-state index in [9.17, 15) is 9.59 Å². The number of carbonyl (C=O) groups is 2. The zero-order valence-corrected chi connectivity index (χ0v) is 13.1. The van der Waals surface area contributed by atoms with Crippen LogP contribution < -0.4 is 10.6 Å². The number of amides is 2. The number of carbonyl (C=O) groups excluding carboxylic acids is 2. The molecule has 0 unspecified atom stereocenters. The van der Waals surface area contributed by atoms with Gasteiger partial charge in [0.15, 0.2) is 0 Å². The molecule has 21 heavy (non-hydrogen) atoms. The number of hydrogen-bond acceptors (Lipinski definition) is 3. The Hall–Kier alpha value is -2.04. The lowest BCUT2D eigenvalue weighted by Gasteiger charge is -2.22. The van der Waals surface area contributed by atoms with Gasteiger partial charge in [-0.1, -0.05) is 37.3 Å². The lowest BCUT2D eigenvalue weighted by atomic mass is 10.2. The van der Waals surface area contributed by atoms with Crippen LogP contribution in [0.2, 0.25) is 0 Å². The monoisotopic (exact) mass is 292 g/mol. The molecule has 1 aromatic rings. The van der Waals surface area contributed by atoms with Crippen molar-refractivity contribution < 1.29 is 14.3 Å². The molecule has 1 atom stereocenters. The maximum atomic E-state index is 12.1. The maximum Gasteiger partial charge on any atom is 0.408 e. The lowest BCUT2D eigenvalue weighted by molar-refractivity contribution is -0.123. The molecule has 5 heteroatoms. The fourth-order valence-electron chi connectivity index (χ4n) is 1.71. The van der Waals surface area contributed by atoms with Gasteiger partial charge in [0.05, 0.1) is 0 Å². The molecule has 1 aromatic carbocycles. The first-order valence-corrected chi connectivity index (χ1v) is 7.13. The van der Waals surface area contributed by atoms with Crippen molar-refractivity contribution in [2.75, 3.05) is 0 Å². The van der Waals surface area contributed by atoms with E-state index in [0.29, 0.717) is 13.0 Å². The SMILES string of the molecule is CC[C@@H](NC(=O)OC(C)(C)C)C(=O)NCc1ccccc1. The van der Waals surface area contributed by atoms with Crippen molar-refractivity contribution in [3.05, 3.63) is 35.9 Å². The highest BCUT2D eigenvalue weighted by atomic mass is 16.6. The van der Waals surface area contributed by atoms with E-state index in [1.165, 1.54) is 0 Å². The van der Waals surface area contributed by atoms with Crippen molar-refractivity contribution in [3.63, 3.8) is 0 Å². The maximum absolute atomic E-state index is 12.1. The first-order valence-electron chi connectivity index (χ1n) is 7.13. The third kappa shape index (κ3) is 6.79. The van der Waals surface area contributed by atoms with Crippen LogP contribution in [0, 0.1) is 0 Å². The Bertz CT molecular complexity index is 466. The number of ether oxygens (including phenoxy) is 1. The van der Waals surface area contributed by atoms with Gasteiger partial charge in [-0.25, -0.2) is 4.79 Å². The first-order chi connectivity index (χ1) is 9.81. The van der Waals surface area contributed by atoms with Crippen molar-refractivity contribution in [3.8, 4) is 0 Å². The highest BCUT2D eigenvalue weighted by Gasteiger charge is 2.22. The molecule has 0 spiro atoms. The van der Waals surface area contributed by atoms with Crippen LogP contribution >= 0.6 is 0 Å². The van der Waals surface area contributed by atoms with E-state index in [-0.39, 0.29) is 5.91 Å². The quantitative estimate of drug-likeness (QED) is 0.876. The third-order valence-corrected chi connectivity index (χ3v) is 2.73. The number of hydrogen-bond donors (Lipinski definition) is 2. The van der Waals surface area contributed by atoms with Gasteiger partial charge in [-0.05, 0) is 32.8 Å². The average molecular weight is 292 g/mol. The summed E-state index contributed by atoms with van der Waals surface area (Å²) in [7, 11) is 0. The minimum absolute atomic E-state index is 0.216. The van der Waals surface area contributed by atoms with Crippen LogP contribution in [-0.2, 0) is 16.1 Å². The van der Waals surface area contributed by atoms with Crippen LogP contribution in [-0.4, -0.2) is 23.6 Å².